The number of amides is 1. The normalized spacial score (nSPS) is 38.2. The van der Waals surface area contributed by atoms with Crippen molar-refractivity contribution in [1.29, 1.82) is 0 Å². The largest absolute Gasteiger partial charge is 0.493 e. The molecule has 1 saturated carbocycles. The molecule has 2 unspecified atom stereocenters. The van der Waals surface area contributed by atoms with Crippen molar-refractivity contribution in [2.45, 2.75) is 49.4 Å². The highest BCUT2D eigenvalue weighted by molar-refractivity contribution is 6.09. The molecule has 0 radical (unpaired) electrons. The average molecular weight is 517 g/mol. The number of rotatable bonds is 4. The number of para-hydroxylation sites is 1. The molecule has 2 aromatic rings. The second-order valence-corrected chi connectivity index (χ2v) is 11.2. The van der Waals surface area contributed by atoms with Crippen LogP contribution in [0, 0.1) is 11.3 Å². The monoisotopic (exact) mass is 516 g/mol. The Morgan fingerprint density at radius 3 is 2.55 bits per heavy atom. The SMILES string of the molecule is C/C=C1\CN2[C@H]3C[C@@]45c6ccccc6N(C(=O)c6ccc(OC)c(OC)c6)[C@@H]4[C@@H]2C[C@@H]1C3(C(=O)OC)[C@H]5O. The molecule has 5 aliphatic heterocycles. The first-order valence-electron chi connectivity index (χ1n) is 13.2. The van der Waals surface area contributed by atoms with Crippen LogP contribution in [0.5, 0.6) is 11.5 Å². The van der Waals surface area contributed by atoms with Gasteiger partial charge < -0.3 is 24.2 Å². The average Bonchev–Trinajstić information content (AvgIpc) is 3.38. The lowest BCUT2D eigenvalue weighted by Gasteiger charge is -2.61. The van der Waals surface area contributed by atoms with E-state index in [0.29, 0.717) is 29.9 Å². The van der Waals surface area contributed by atoms with Gasteiger partial charge in [0.1, 0.15) is 5.41 Å². The van der Waals surface area contributed by atoms with Crippen LogP contribution in [0.2, 0.25) is 0 Å². The fraction of sp³-hybridized carbons (Fsp3) is 0.467. The minimum Gasteiger partial charge on any atom is -0.493 e. The van der Waals surface area contributed by atoms with E-state index in [1.165, 1.54) is 12.7 Å². The van der Waals surface area contributed by atoms with Gasteiger partial charge in [-0.05, 0) is 49.6 Å². The van der Waals surface area contributed by atoms with Gasteiger partial charge in [-0.2, -0.15) is 0 Å². The number of carbonyl (C=O) groups is 2. The summed E-state index contributed by atoms with van der Waals surface area (Å²) in [7, 11) is 4.53. The molecule has 8 atom stereocenters. The van der Waals surface area contributed by atoms with Gasteiger partial charge in [-0.25, -0.2) is 0 Å². The highest BCUT2D eigenvalue weighted by Crippen LogP contribution is 2.73. The van der Waals surface area contributed by atoms with Crippen LogP contribution in [0.25, 0.3) is 0 Å². The van der Waals surface area contributed by atoms with Gasteiger partial charge in [0.25, 0.3) is 5.91 Å². The summed E-state index contributed by atoms with van der Waals surface area (Å²) in [5.74, 6) is 0.412. The number of benzene rings is 2. The lowest BCUT2D eigenvalue weighted by molar-refractivity contribution is -0.179. The van der Waals surface area contributed by atoms with Crippen LogP contribution in [0.15, 0.2) is 54.1 Å². The van der Waals surface area contributed by atoms with Crippen LogP contribution in [0.3, 0.4) is 0 Å². The topological polar surface area (TPSA) is 88.5 Å². The van der Waals surface area contributed by atoms with Gasteiger partial charge in [0, 0.05) is 41.2 Å². The van der Waals surface area contributed by atoms with Gasteiger partial charge in [0.15, 0.2) is 11.5 Å². The zero-order valence-corrected chi connectivity index (χ0v) is 22.0. The highest BCUT2D eigenvalue weighted by Gasteiger charge is 2.83. The molecule has 198 valence electrons. The molecule has 1 N–H and O–H groups in total. The smallest absolute Gasteiger partial charge is 0.316 e. The third-order valence-electron chi connectivity index (χ3n) is 10.3. The Hall–Kier alpha value is -3.36. The molecule has 1 spiro atoms. The van der Waals surface area contributed by atoms with Crippen molar-refractivity contribution in [3.8, 4) is 11.5 Å². The van der Waals surface area contributed by atoms with E-state index in [0.717, 1.165) is 17.8 Å². The number of nitrogens with zero attached hydrogens (tertiary/aromatic N) is 2. The number of fused-ring (bicyclic) bond motifs is 2. The zero-order valence-electron chi connectivity index (χ0n) is 22.0. The van der Waals surface area contributed by atoms with E-state index >= 15 is 0 Å². The fourth-order valence-electron chi connectivity index (χ4n) is 9.02. The standard InChI is InChI=1S/C30H32N2O6/c1-5-16-15-31-21-13-19(16)30(28(35)38-4)24(31)14-29(27(30)34)18-8-6-7-9-20(18)32(25(21)29)26(33)17-10-11-22(36-2)23(12-17)37-3/h5-12,19,21,24-25,27,34H,13-15H2,1-4H3/b16-5+/t19-,21-,24-,25+,27-,29+,30?/m0/s1. The summed E-state index contributed by atoms with van der Waals surface area (Å²) in [5.41, 5.74) is 1.57. The van der Waals surface area contributed by atoms with Crippen LogP contribution < -0.4 is 14.4 Å². The first-order valence-corrected chi connectivity index (χ1v) is 13.2. The van der Waals surface area contributed by atoms with Crippen molar-refractivity contribution in [2.75, 3.05) is 32.8 Å². The van der Waals surface area contributed by atoms with E-state index in [9.17, 15) is 14.7 Å². The Morgan fingerprint density at radius 2 is 1.84 bits per heavy atom. The Bertz CT molecular complexity index is 1400. The molecule has 5 fully saturated rings. The van der Waals surface area contributed by atoms with Gasteiger partial charge in [-0.15, -0.1) is 0 Å². The Kier molecular flexibility index (Phi) is 4.89. The molecule has 4 saturated heterocycles. The molecule has 5 bridgehead atoms. The molecular formula is C30H32N2O6. The van der Waals surface area contributed by atoms with Crippen molar-refractivity contribution < 1.29 is 28.9 Å². The van der Waals surface area contributed by atoms with E-state index in [1.54, 1.807) is 32.4 Å². The second kappa shape index (κ2) is 7.83. The minimum absolute atomic E-state index is 0.00822. The number of piperidine rings is 4. The third kappa shape index (κ3) is 2.44. The summed E-state index contributed by atoms with van der Waals surface area (Å²) in [6, 6.07) is 12.6. The summed E-state index contributed by atoms with van der Waals surface area (Å²) in [4.78, 5) is 32.4. The molecule has 38 heavy (non-hydrogen) atoms. The number of carbonyl (C=O) groups excluding carboxylic acids is 2. The summed E-state index contributed by atoms with van der Waals surface area (Å²) < 4.78 is 16.3. The lowest BCUT2D eigenvalue weighted by atomic mass is 9.58. The number of hydrogen-bond acceptors (Lipinski definition) is 7. The van der Waals surface area contributed by atoms with Crippen molar-refractivity contribution in [3.05, 3.63) is 65.2 Å². The summed E-state index contributed by atoms with van der Waals surface area (Å²) >= 11 is 0. The molecule has 8 rings (SSSR count). The fourth-order valence-corrected chi connectivity index (χ4v) is 9.02. The van der Waals surface area contributed by atoms with E-state index in [-0.39, 0.29) is 35.9 Å². The predicted molar refractivity (Wildman–Crippen MR) is 139 cm³/mol. The number of allylic oxidation sites excluding steroid dienone is 1. The van der Waals surface area contributed by atoms with E-state index in [4.69, 9.17) is 14.2 Å². The molecule has 1 aliphatic carbocycles. The number of methoxy groups -OCH3 is 3. The number of aliphatic hydroxyl groups excluding tert-OH is 1. The maximum absolute atomic E-state index is 14.4. The lowest BCUT2D eigenvalue weighted by Crippen LogP contribution is -2.72. The molecular weight excluding hydrogens is 484 g/mol. The van der Waals surface area contributed by atoms with Gasteiger partial charge >= 0.3 is 5.97 Å². The molecule has 5 heterocycles. The van der Waals surface area contributed by atoms with Crippen molar-refractivity contribution in [3.63, 3.8) is 0 Å². The Labute approximate surface area is 221 Å². The first kappa shape index (κ1) is 23.7. The number of anilines is 1. The van der Waals surface area contributed by atoms with Crippen molar-refractivity contribution >= 4 is 17.6 Å². The van der Waals surface area contributed by atoms with Gasteiger partial charge in [0.05, 0.1) is 33.5 Å². The van der Waals surface area contributed by atoms with Gasteiger partial charge in [-0.3, -0.25) is 14.5 Å². The van der Waals surface area contributed by atoms with Crippen molar-refractivity contribution in [1.82, 2.24) is 4.90 Å². The van der Waals surface area contributed by atoms with Gasteiger partial charge in [-0.1, -0.05) is 29.8 Å². The molecule has 2 aromatic carbocycles. The quantitative estimate of drug-likeness (QED) is 0.494. The van der Waals surface area contributed by atoms with Crippen LogP contribution in [-0.2, 0) is 14.9 Å². The molecule has 0 aromatic heterocycles. The third-order valence-corrected chi connectivity index (χ3v) is 10.3. The number of aliphatic hydroxyl groups is 1. The van der Waals surface area contributed by atoms with Crippen LogP contribution in [-0.4, -0.2) is 74.0 Å². The van der Waals surface area contributed by atoms with E-state index in [2.05, 4.69) is 11.0 Å². The molecule has 6 aliphatic rings. The maximum atomic E-state index is 14.4. The Balaban J connectivity index is 1.44. The van der Waals surface area contributed by atoms with Crippen LogP contribution in [0.4, 0.5) is 5.69 Å². The van der Waals surface area contributed by atoms with E-state index in [1.807, 2.05) is 36.1 Å². The van der Waals surface area contributed by atoms with E-state index < -0.39 is 16.9 Å². The zero-order chi connectivity index (χ0) is 26.6. The molecule has 1 amide bonds. The summed E-state index contributed by atoms with van der Waals surface area (Å²) in [6.07, 6.45) is 2.40. The summed E-state index contributed by atoms with van der Waals surface area (Å²) in [5, 5.41) is 12.5. The van der Waals surface area contributed by atoms with Crippen LogP contribution in [0.1, 0.15) is 35.7 Å². The number of ether oxygens (including phenoxy) is 3. The highest BCUT2D eigenvalue weighted by atomic mass is 16.5. The number of esters is 1. The van der Waals surface area contributed by atoms with Gasteiger partial charge in [0.2, 0.25) is 0 Å². The second-order valence-electron chi connectivity index (χ2n) is 11.2. The maximum Gasteiger partial charge on any atom is 0.316 e. The Morgan fingerprint density at radius 1 is 1.08 bits per heavy atom. The summed E-state index contributed by atoms with van der Waals surface area (Å²) in [6.45, 7) is 2.74. The molecule has 8 nitrogen and oxygen atoms in total. The van der Waals surface area contributed by atoms with Crippen molar-refractivity contribution in [2.24, 2.45) is 11.3 Å². The number of hydrogen-bond donors (Lipinski definition) is 1. The van der Waals surface area contributed by atoms with Crippen LogP contribution >= 0.6 is 0 Å². The first-order chi connectivity index (χ1) is 18.4. The predicted octanol–water partition coefficient (Wildman–Crippen LogP) is 2.93. The minimum atomic E-state index is -1.06. The molecule has 8 heteroatoms.